The second-order valence-corrected chi connectivity index (χ2v) is 5.40. The van der Waals surface area contributed by atoms with Crippen LogP contribution in [-0.4, -0.2) is 30.7 Å². The molecule has 0 aliphatic carbocycles. The summed E-state index contributed by atoms with van der Waals surface area (Å²) in [6.07, 6.45) is 0. The molecule has 2 rings (SSSR count). The van der Waals surface area contributed by atoms with Gasteiger partial charge in [0.2, 0.25) is 0 Å². The summed E-state index contributed by atoms with van der Waals surface area (Å²) in [7, 11) is 1.44. The fraction of sp³-hybridized carbons (Fsp3) is 0.176. The SMILES string of the molecule is COc1ccc(C(=O)OCC(=O)Nc2cc(Cl)ccc2C)c(O)c1. The molecule has 0 atom stereocenters. The van der Waals surface area contributed by atoms with E-state index in [1.807, 2.05) is 6.92 Å². The molecular formula is C17H16ClNO5. The van der Waals surface area contributed by atoms with Crippen molar-refractivity contribution >= 4 is 29.2 Å². The molecule has 0 bridgehead atoms. The number of aromatic hydroxyl groups is 1. The Morgan fingerprint density at radius 3 is 2.62 bits per heavy atom. The molecule has 2 aromatic carbocycles. The molecule has 0 fully saturated rings. The molecule has 0 radical (unpaired) electrons. The highest BCUT2D eigenvalue weighted by molar-refractivity contribution is 6.31. The number of nitrogens with one attached hydrogen (secondary N) is 1. The summed E-state index contributed by atoms with van der Waals surface area (Å²) < 4.78 is 9.83. The van der Waals surface area contributed by atoms with Crippen molar-refractivity contribution in [3.05, 3.63) is 52.5 Å². The van der Waals surface area contributed by atoms with Crippen LogP contribution in [-0.2, 0) is 9.53 Å². The molecule has 0 aliphatic heterocycles. The first-order chi connectivity index (χ1) is 11.4. The Morgan fingerprint density at radius 1 is 1.21 bits per heavy atom. The Morgan fingerprint density at radius 2 is 1.96 bits per heavy atom. The Balaban J connectivity index is 1.96. The summed E-state index contributed by atoms with van der Waals surface area (Å²) in [6, 6.07) is 9.22. The van der Waals surface area contributed by atoms with Crippen LogP contribution in [0, 0.1) is 6.92 Å². The number of aryl methyl sites for hydroxylation is 1. The third-order valence-electron chi connectivity index (χ3n) is 3.23. The maximum Gasteiger partial charge on any atom is 0.342 e. The molecule has 126 valence electrons. The lowest BCUT2D eigenvalue weighted by atomic mass is 10.2. The van der Waals surface area contributed by atoms with Crippen LogP contribution < -0.4 is 10.1 Å². The first-order valence-electron chi connectivity index (χ1n) is 7.01. The van der Waals surface area contributed by atoms with Gasteiger partial charge in [0.25, 0.3) is 5.91 Å². The predicted octanol–water partition coefficient (Wildman–Crippen LogP) is 3.16. The van der Waals surface area contributed by atoms with Crippen LogP contribution in [0.2, 0.25) is 5.02 Å². The summed E-state index contributed by atoms with van der Waals surface area (Å²) in [4.78, 5) is 23.8. The molecule has 2 aromatic rings. The van der Waals surface area contributed by atoms with Crippen molar-refractivity contribution in [1.82, 2.24) is 0 Å². The van der Waals surface area contributed by atoms with Gasteiger partial charge in [-0.25, -0.2) is 4.79 Å². The molecule has 0 saturated carbocycles. The summed E-state index contributed by atoms with van der Waals surface area (Å²) in [5.74, 6) is -1.21. The van der Waals surface area contributed by atoms with Gasteiger partial charge in [-0.3, -0.25) is 4.79 Å². The summed E-state index contributed by atoms with van der Waals surface area (Å²) >= 11 is 5.88. The minimum absolute atomic E-state index is 0.0532. The van der Waals surface area contributed by atoms with Crippen LogP contribution in [0.4, 0.5) is 5.69 Å². The first-order valence-corrected chi connectivity index (χ1v) is 7.38. The molecule has 0 aliphatic rings. The number of rotatable bonds is 5. The standard InChI is InChI=1S/C17H16ClNO5/c1-10-3-4-11(18)7-14(10)19-16(21)9-24-17(22)13-6-5-12(23-2)8-15(13)20/h3-8,20H,9H2,1-2H3,(H,19,21). The van der Waals surface area contributed by atoms with E-state index in [1.165, 1.54) is 25.3 Å². The minimum Gasteiger partial charge on any atom is -0.507 e. The molecule has 24 heavy (non-hydrogen) atoms. The number of phenolic OH excluding ortho intramolecular Hbond substituents is 1. The molecule has 0 heterocycles. The van der Waals surface area contributed by atoms with E-state index in [2.05, 4.69) is 5.32 Å². The average Bonchev–Trinajstić information content (AvgIpc) is 2.55. The van der Waals surface area contributed by atoms with E-state index in [1.54, 1.807) is 18.2 Å². The van der Waals surface area contributed by atoms with Gasteiger partial charge >= 0.3 is 5.97 Å². The number of amides is 1. The third-order valence-corrected chi connectivity index (χ3v) is 3.47. The number of phenols is 1. The van der Waals surface area contributed by atoms with E-state index < -0.39 is 18.5 Å². The fourth-order valence-electron chi connectivity index (χ4n) is 1.94. The minimum atomic E-state index is -0.812. The van der Waals surface area contributed by atoms with Gasteiger partial charge in [0, 0.05) is 16.8 Å². The molecule has 6 nitrogen and oxygen atoms in total. The van der Waals surface area contributed by atoms with Gasteiger partial charge in [-0.15, -0.1) is 0 Å². The van der Waals surface area contributed by atoms with Crippen molar-refractivity contribution in [2.24, 2.45) is 0 Å². The van der Waals surface area contributed by atoms with Crippen molar-refractivity contribution in [3.8, 4) is 11.5 Å². The topological polar surface area (TPSA) is 84.9 Å². The van der Waals surface area contributed by atoms with Crippen molar-refractivity contribution in [3.63, 3.8) is 0 Å². The smallest absolute Gasteiger partial charge is 0.342 e. The molecular weight excluding hydrogens is 334 g/mol. The fourth-order valence-corrected chi connectivity index (χ4v) is 2.11. The number of methoxy groups -OCH3 is 1. The number of anilines is 1. The Bertz CT molecular complexity index is 776. The van der Waals surface area contributed by atoms with Crippen molar-refractivity contribution in [1.29, 1.82) is 0 Å². The predicted molar refractivity (Wildman–Crippen MR) is 89.8 cm³/mol. The monoisotopic (exact) mass is 349 g/mol. The van der Waals surface area contributed by atoms with E-state index >= 15 is 0 Å². The lowest BCUT2D eigenvalue weighted by molar-refractivity contribution is -0.119. The molecule has 7 heteroatoms. The van der Waals surface area contributed by atoms with Crippen LogP contribution in [0.25, 0.3) is 0 Å². The Labute approximate surface area is 144 Å². The zero-order valence-corrected chi connectivity index (χ0v) is 13.9. The molecule has 0 spiro atoms. The number of carbonyl (C=O) groups is 2. The van der Waals surface area contributed by atoms with Crippen molar-refractivity contribution in [2.45, 2.75) is 6.92 Å². The zero-order chi connectivity index (χ0) is 17.7. The quantitative estimate of drug-likeness (QED) is 0.810. The van der Waals surface area contributed by atoms with Crippen LogP contribution in [0.15, 0.2) is 36.4 Å². The van der Waals surface area contributed by atoms with Gasteiger partial charge in [-0.05, 0) is 36.8 Å². The van der Waals surface area contributed by atoms with Crippen LogP contribution in [0.5, 0.6) is 11.5 Å². The molecule has 0 saturated heterocycles. The zero-order valence-electron chi connectivity index (χ0n) is 13.1. The molecule has 0 aromatic heterocycles. The highest BCUT2D eigenvalue weighted by atomic mass is 35.5. The highest BCUT2D eigenvalue weighted by Crippen LogP contribution is 2.24. The number of hydrogen-bond donors (Lipinski definition) is 2. The van der Waals surface area contributed by atoms with E-state index in [9.17, 15) is 14.7 Å². The summed E-state index contributed by atoms with van der Waals surface area (Å²) in [5, 5.41) is 12.9. The van der Waals surface area contributed by atoms with E-state index in [4.69, 9.17) is 21.1 Å². The number of ether oxygens (including phenoxy) is 2. The van der Waals surface area contributed by atoms with Gasteiger partial charge in [-0.1, -0.05) is 17.7 Å². The third kappa shape index (κ3) is 4.39. The lowest BCUT2D eigenvalue weighted by Crippen LogP contribution is -2.21. The van der Waals surface area contributed by atoms with Crippen LogP contribution in [0.1, 0.15) is 15.9 Å². The maximum atomic E-state index is 11.9. The summed E-state index contributed by atoms with van der Waals surface area (Å²) in [6.45, 7) is 1.32. The molecule has 2 N–H and O–H groups in total. The van der Waals surface area contributed by atoms with Crippen molar-refractivity contribution < 1.29 is 24.2 Å². The second-order valence-electron chi connectivity index (χ2n) is 4.97. The maximum absolute atomic E-state index is 11.9. The van der Waals surface area contributed by atoms with Gasteiger partial charge in [-0.2, -0.15) is 0 Å². The largest absolute Gasteiger partial charge is 0.507 e. The number of hydrogen-bond acceptors (Lipinski definition) is 5. The Kier molecular flexibility index (Phi) is 5.65. The van der Waals surface area contributed by atoms with E-state index in [0.717, 1.165) is 5.56 Å². The normalized spacial score (nSPS) is 10.1. The number of halogens is 1. The lowest BCUT2D eigenvalue weighted by Gasteiger charge is -2.10. The highest BCUT2D eigenvalue weighted by Gasteiger charge is 2.15. The number of carbonyl (C=O) groups excluding carboxylic acids is 2. The second kappa shape index (κ2) is 7.70. The van der Waals surface area contributed by atoms with Gasteiger partial charge < -0.3 is 19.9 Å². The van der Waals surface area contributed by atoms with Gasteiger partial charge in [0.05, 0.1) is 7.11 Å². The first kappa shape index (κ1) is 17.6. The van der Waals surface area contributed by atoms with E-state index in [-0.39, 0.29) is 11.3 Å². The van der Waals surface area contributed by atoms with Crippen molar-refractivity contribution in [2.75, 3.05) is 19.0 Å². The van der Waals surface area contributed by atoms with Gasteiger partial charge in [0.15, 0.2) is 6.61 Å². The van der Waals surface area contributed by atoms with E-state index in [0.29, 0.717) is 16.5 Å². The number of benzene rings is 2. The number of esters is 1. The van der Waals surface area contributed by atoms with Crippen LogP contribution >= 0.6 is 11.6 Å². The molecule has 0 unspecified atom stereocenters. The van der Waals surface area contributed by atoms with Gasteiger partial charge in [0.1, 0.15) is 17.1 Å². The molecule has 1 amide bonds. The van der Waals surface area contributed by atoms with Crippen LogP contribution in [0.3, 0.4) is 0 Å². The average molecular weight is 350 g/mol. The Hall–Kier alpha value is -2.73. The summed E-state index contributed by atoms with van der Waals surface area (Å²) in [5.41, 5.74) is 1.31.